The third-order valence-electron chi connectivity index (χ3n) is 12.2. The number of nitrogens with zero attached hydrogens (tertiary/aromatic N) is 2. The Labute approximate surface area is 220 Å². The van der Waals surface area contributed by atoms with Crippen molar-refractivity contribution in [2.24, 2.45) is 40.4 Å². The van der Waals surface area contributed by atoms with Crippen LogP contribution in [0.25, 0.3) is 6.08 Å². The number of hydrogen-bond donors (Lipinski definition) is 0. The quantitative estimate of drug-likeness (QED) is 0.410. The van der Waals surface area contributed by atoms with Crippen molar-refractivity contribution >= 4 is 12.0 Å². The molecule has 0 heterocycles. The van der Waals surface area contributed by atoms with Gasteiger partial charge in [-0.25, -0.2) is 0 Å². The Hall–Kier alpha value is -1.61. The summed E-state index contributed by atoms with van der Waals surface area (Å²) in [6.45, 7) is 7.79. The minimum absolute atomic E-state index is 0.154. The predicted octanol–water partition coefficient (Wildman–Crippen LogP) is 7.14. The third kappa shape index (κ3) is 4.38. The lowest BCUT2D eigenvalue weighted by atomic mass is 9.44. The van der Waals surface area contributed by atoms with Crippen LogP contribution in [-0.4, -0.2) is 48.9 Å². The molecular formula is C33H50N2O. The number of likely N-dealkylation sites (N-methyl/N-ethyl adjacent to an activating group) is 1. The zero-order valence-corrected chi connectivity index (χ0v) is 23.7. The first-order chi connectivity index (χ1) is 17.1. The van der Waals surface area contributed by atoms with E-state index >= 15 is 0 Å². The number of fused-ring (bicyclic) bond motifs is 5. The van der Waals surface area contributed by atoms with Crippen molar-refractivity contribution in [1.82, 2.24) is 9.80 Å². The van der Waals surface area contributed by atoms with E-state index in [1.54, 1.807) is 6.08 Å². The highest BCUT2D eigenvalue weighted by Gasteiger charge is 2.61. The van der Waals surface area contributed by atoms with Crippen molar-refractivity contribution in [3.05, 3.63) is 42.0 Å². The molecule has 9 atom stereocenters. The summed E-state index contributed by atoms with van der Waals surface area (Å²) in [5.41, 5.74) is 2.09. The summed E-state index contributed by atoms with van der Waals surface area (Å²) >= 11 is 0. The number of amides is 1. The fourth-order valence-corrected chi connectivity index (χ4v) is 9.81. The number of carbonyl (C=O) groups is 1. The van der Waals surface area contributed by atoms with Gasteiger partial charge in [0.05, 0.1) is 0 Å². The van der Waals surface area contributed by atoms with E-state index in [1.165, 1.54) is 57.8 Å². The lowest BCUT2D eigenvalue weighted by Gasteiger charge is -2.62. The summed E-state index contributed by atoms with van der Waals surface area (Å²) < 4.78 is 0. The van der Waals surface area contributed by atoms with E-state index in [2.05, 4.69) is 51.9 Å². The summed E-state index contributed by atoms with van der Waals surface area (Å²) in [7, 11) is 6.58. The molecule has 1 aromatic rings. The summed E-state index contributed by atoms with van der Waals surface area (Å²) in [4.78, 5) is 17.5. The molecule has 0 N–H and O–H groups in total. The van der Waals surface area contributed by atoms with Crippen molar-refractivity contribution in [2.45, 2.75) is 90.6 Å². The van der Waals surface area contributed by atoms with Crippen LogP contribution in [0.4, 0.5) is 0 Å². The molecule has 1 amide bonds. The van der Waals surface area contributed by atoms with Crippen LogP contribution in [-0.2, 0) is 4.79 Å². The van der Waals surface area contributed by atoms with E-state index in [0.717, 1.165) is 35.2 Å². The highest BCUT2D eigenvalue weighted by Crippen LogP contribution is 2.68. The zero-order chi connectivity index (χ0) is 25.7. The van der Waals surface area contributed by atoms with E-state index in [1.807, 2.05) is 36.2 Å². The van der Waals surface area contributed by atoms with Gasteiger partial charge in [0.2, 0.25) is 5.91 Å². The molecule has 4 aliphatic carbocycles. The maximum atomic E-state index is 13.0. The Balaban J connectivity index is 1.25. The van der Waals surface area contributed by atoms with Crippen LogP contribution in [0.2, 0.25) is 0 Å². The maximum absolute atomic E-state index is 13.0. The molecule has 0 saturated heterocycles. The van der Waals surface area contributed by atoms with Crippen molar-refractivity contribution < 1.29 is 4.79 Å². The SMILES string of the molecule is CC(C1CCC2C3CCC4CC(N(C)C(=O)C=Cc5ccccc5)CCC4(C)C3CCC21C)N(C)C. The maximum Gasteiger partial charge on any atom is 0.246 e. The molecule has 0 aromatic heterocycles. The smallest absolute Gasteiger partial charge is 0.246 e. The first-order valence-electron chi connectivity index (χ1n) is 14.8. The number of carbonyl (C=O) groups excluding carboxylic acids is 1. The van der Waals surface area contributed by atoms with Gasteiger partial charge in [0.1, 0.15) is 0 Å². The Kier molecular flexibility index (Phi) is 7.18. The molecule has 198 valence electrons. The van der Waals surface area contributed by atoms with Crippen LogP contribution < -0.4 is 0 Å². The second-order valence-corrected chi connectivity index (χ2v) is 13.7. The van der Waals surface area contributed by atoms with Gasteiger partial charge in [0.25, 0.3) is 0 Å². The largest absolute Gasteiger partial charge is 0.339 e. The van der Waals surface area contributed by atoms with Gasteiger partial charge >= 0.3 is 0 Å². The van der Waals surface area contributed by atoms with Crippen LogP contribution in [0.5, 0.6) is 0 Å². The van der Waals surface area contributed by atoms with E-state index in [9.17, 15) is 4.79 Å². The van der Waals surface area contributed by atoms with Gasteiger partial charge in [0.15, 0.2) is 0 Å². The average molecular weight is 491 g/mol. The molecule has 0 aliphatic heterocycles. The van der Waals surface area contributed by atoms with Gasteiger partial charge in [-0.1, -0.05) is 44.2 Å². The van der Waals surface area contributed by atoms with Gasteiger partial charge in [-0.3, -0.25) is 4.79 Å². The summed E-state index contributed by atoms with van der Waals surface area (Å²) in [5.74, 6) is 4.52. The lowest BCUT2D eigenvalue weighted by molar-refractivity contribution is -0.137. The molecule has 0 radical (unpaired) electrons. The van der Waals surface area contributed by atoms with Gasteiger partial charge in [0, 0.05) is 25.2 Å². The van der Waals surface area contributed by atoms with Crippen molar-refractivity contribution in [3.63, 3.8) is 0 Å². The number of hydrogen-bond acceptors (Lipinski definition) is 2. The van der Waals surface area contributed by atoms with Crippen molar-refractivity contribution in [2.75, 3.05) is 21.1 Å². The minimum Gasteiger partial charge on any atom is -0.339 e. The minimum atomic E-state index is 0.154. The van der Waals surface area contributed by atoms with Gasteiger partial charge < -0.3 is 9.80 Å². The topological polar surface area (TPSA) is 23.6 Å². The molecule has 3 nitrogen and oxygen atoms in total. The molecule has 0 bridgehead atoms. The van der Waals surface area contributed by atoms with Crippen LogP contribution in [0.3, 0.4) is 0 Å². The molecule has 3 heteroatoms. The number of rotatable bonds is 5. The highest BCUT2D eigenvalue weighted by molar-refractivity contribution is 5.91. The van der Waals surface area contributed by atoms with Crippen LogP contribution in [0.1, 0.15) is 84.1 Å². The van der Waals surface area contributed by atoms with Crippen LogP contribution in [0, 0.1) is 40.4 Å². The summed E-state index contributed by atoms with van der Waals surface area (Å²) in [5, 5.41) is 0. The summed E-state index contributed by atoms with van der Waals surface area (Å²) in [6, 6.07) is 11.2. The van der Waals surface area contributed by atoms with E-state index in [-0.39, 0.29) is 5.91 Å². The molecule has 4 saturated carbocycles. The van der Waals surface area contributed by atoms with E-state index in [0.29, 0.717) is 22.9 Å². The average Bonchev–Trinajstić information content (AvgIpc) is 3.23. The Morgan fingerprint density at radius 1 is 0.917 bits per heavy atom. The normalized spacial score (nSPS) is 41.0. The Morgan fingerprint density at radius 3 is 2.33 bits per heavy atom. The molecule has 5 rings (SSSR count). The Morgan fingerprint density at radius 2 is 1.61 bits per heavy atom. The molecular weight excluding hydrogens is 440 g/mol. The standard InChI is InChI=1S/C33H50N2O/c1-23(34(4)5)28-15-16-29-27-14-13-25-22-26(18-20-32(25,2)30(27)19-21-33(28,29)3)35(6)31(36)17-12-24-10-8-7-9-11-24/h7-12,17,23,25-30H,13-16,18-22H2,1-6H3. The van der Waals surface area contributed by atoms with Crippen LogP contribution >= 0.6 is 0 Å². The molecule has 4 fully saturated rings. The molecule has 0 spiro atoms. The highest BCUT2D eigenvalue weighted by atomic mass is 16.2. The lowest BCUT2D eigenvalue weighted by Crippen LogP contribution is -2.56. The Bertz CT molecular complexity index is 956. The molecule has 1 aromatic carbocycles. The predicted molar refractivity (Wildman–Crippen MR) is 150 cm³/mol. The molecule has 4 aliphatic rings. The van der Waals surface area contributed by atoms with E-state index < -0.39 is 0 Å². The van der Waals surface area contributed by atoms with E-state index in [4.69, 9.17) is 0 Å². The monoisotopic (exact) mass is 490 g/mol. The first-order valence-corrected chi connectivity index (χ1v) is 14.8. The number of benzene rings is 1. The van der Waals surface area contributed by atoms with Gasteiger partial charge in [-0.05, 0) is 131 Å². The van der Waals surface area contributed by atoms with Gasteiger partial charge in [-0.15, -0.1) is 0 Å². The van der Waals surface area contributed by atoms with Crippen molar-refractivity contribution in [1.29, 1.82) is 0 Å². The first kappa shape index (κ1) is 26.0. The zero-order valence-electron chi connectivity index (χ0n) is 23.7. The van der Waals surface area contributed by atoms with Gasteiger partial charge in [-0.2, -0.15) is 0 Å². The second kappa shape index (κ2) is 9.93. The third-order valence-corrected chi connectivity index (χ3v) is 12.2. The fraction of sp³-hybridized carbons (Fsp3) is 0.727. The summed E-state index contributed by atoms with van der Waals surface area (Å²) in [6.07, 6.45) is 15.9. The molecule has 9 unspecified atom stereocenters. The molecule has 36 heavy (non-hydrogen) atoms. The second-order valence-electron chi connectivity index (χ2n) is 13.7. The van der Waals surface area contributed by atoms with Crippen LogP contribution in [0.15, 0.2) is 36.4 Å². The fourth-order valence-electron chi connectivity index (χ4n) is 9.81. The van der Waals surface area contributed by atoms with Crippen molar-refractivity contribution in [3.8, 4) is 0 Å².